The van der Waals surface area contributed by atoms with Crippen molar-refractivity contribution in [1.29, 1.82) is 0 Å². The van der Waals surface area contributed by atoms with E-state index in [1.807, 2.05) is 0 Å². The second-order valence-electron chi connectivity index (χ2n) is 5.82. The first-order valence-electron chi connectivity index (χ1n) is 7.07. The van der Waals surface area contributed by atoms with E-state index in [4.69, 9.17) is 4.74 Å². The highest BCUT2D eigenvalue weighted by molar-refractivity contribution is 5.98. The van der Waals surface area contributed by atoms with Crippen molar-refractivity contribution in [3.05, 3.63) is 11.9 Å². The lowest BCUT2D eigenvalue weighted by molar-refractivity contribution is -0.0888. The van der Waals surface area contributed by atoms with Crippen LogP contribution in [-0.2, 0) is 11.3 Å². The summed E-state index contributed by atoms with van der Waals surface area (Å²) >= 11 is 0. The van der Waals surface area contributed by atoms with Crippen LogP contribution in [0.25, 0.3) is 0 Å². The predicted octanol–water partition coefficient (Wildman–Crippen LogP) is 2.51. The molecule has 1 aliphatic carbocycles. The number of nitrogens with zero attached hydrogens (tertiary/aromatic N) is 3. The van der Waals surface area contributed by atoms with Gasteiger partial charge < -0.3 is 4.74 Å². The molecule has 1 aromatic rings. The monoisotopic (exact) mass is 303 g/mol. The SMILES string of the molecule is O=C(c1cn(CC2CCC3(CCCC3)O2)nn1)C(F)(F)F. The van der Waals surface area contributed by atoms with Gasteiger partial charge in [-0.1, -0.05) is 18.1 Å². The molecule has 116 valence electrons. The third kappa shape index (κ3) is 2.95. The minimum absolute atomic E-state index is 0.0319. The van der Waals surface area contributed by atoms with E-state index in [1.54, 1.807) is 0 Å². The van der Waals surface area contributed by atoms with Crippen LogP contribution >= 0.6 is 0 Å². The molecule has 21 heavy (non-hydrogen) atoms. The summed E-state index contributed by atoms with van der Waals surface area (Å²) in [6, 6.07) is 0. The molecule has 1 aromatic heterocycles. The molecule has 1 spiro atoms. The van der Waals surface area contributed by atoms with Gasteiger partial charge in [0.15, 0.2) is 5.69 Å². The number of rotatable bonds is 3. The van der Waals surface area contributed by atoms with Gasteiger partial charge in [0.2, 0.25) is 0 Å². The first-order valence-corrected chi connectivity index (χ1v) is 7.07. The van der Waals surface area contributed by atoms with Gasteiger partial charge in [0.1, 0.15) is 0 Å². The smallest absolute Gasteiger partial charge is 0.370 e. The Labute approximate surface area is 119 Å². The highest BCUT2D eigenvalue weighted by Gasteiger charge is 2.43. The number of alkyl halides is 3. The fraction of sp³-hybridized carbons (Fsp3) is 0.769. The number of carbonyl (C=O) groups is 1. The Balaban J connectivity index is 1.62. The molecule has 0 radical (unpaired) electrons. The third-order valence-electron chi connectivity index (χ3n) is 4.27. The van der Waals surface area contributed by atoms with Crippen molar-refractivity contribution in [2.24, 2.45) is 0 Å². The van der Waals surface area contributed by atoms with Gasteiger partial charge in [-0.2, -0.15) is 13.2 Å². The normalized spacial score (nSPS) is 24.8. The van der Waals surface area contributed by atoms with Gasteiger partial charge in [-0.15, -0.1) is 5.10 Å². The number of hydrogen-bond acceptors (Lipinski definition) is 4. The average molecular weight is 303 g/mol. The molecule has 2 aliphatic rings. The zero-order valence-corrected chi connectivity index (χ0v) is 11.4. The largest absolute Gasteiger partial charge is 0.456 e. The molecule has 1 aliphatic heterocycles. The number of carbonyl (C=O) groups excluding carboxylic acids is 1. The van der Waals surface area contributed by atoms with E-state index in [2.05, 4.69) is 10.3 Å². The van der Waals surface area contributed by atoms with Crippen molar-refractivity contribution in [2.45, 2.75) is 63.0 Å². The Bertz CT molecular complexity index is 535. The van der Waals surface area contributed by atoms with Gasteiger partial charge in [0.25, 0.3) is 5.78 Å². The summed E-state index contributed by atoms with van der Waals surface area (Å²) in [7, 11) is 0. The number of Topliss-reactive ketones (excluding diaryl/α,β-unsaturated/α-hetero) is 1. The van der Waals surface area contributed by atoms with E-state index >= 15 is 0 Å². The van der Waals surface area contributed by atoms with E-state index < -0.39 is 17.7 Å². The average Bonchev–Trinajstić information content (AvgIpc) is 3.12. The van der Waals surface area contributed by atoms with Crippen LogP contribution in [0, 0.1) is 0 Å². The molecule has 2 fully saturated rings. The molecule has 2 heterocycles. The topological polar surface area (TPSA) is 57.0 Å². The van der Waals surface area contributed by atoms with Crippen LogP contribution in [0.5, 0.6) is 0 Å². The summed E-state index contributed by atoms with van der Waals surface area (Å²) in [5.74, 6) is -1.96. The number of aromatic nitrogens is 3. The Morgan fingerprint density at radius 2 is 2.10 bits per heavy atom. The van der Waals surface area contributed by atoms with Crippen LogP contribution in [-0.4, -0.2) is 38.7 Å². The minimum atomic E-state index is -4.92. The van der Waals surface area contributed by atoms with Gasteiger partial charge in [-0.25, -0.2) is 4.68 Å². The van der Waals surface area contributed by atoms with E-state index in [9.17, 15) is 18.0 Å². The maximum atomic E-state index is 12.3. The second kappa shape index (κ2) is 5.08. The number of halogens is 3. The van der Waals surface area contributed by atoms with Crippen molar-refractivity contribution in [2.75, 3.05) is 0 Å². The highest BCUT2D eigenvalue weighted by Crippen LogP contribution is 2.43. The zero-order chi connectivity index (χ0) is 15.1. The van der Waals surface area contributed by atoms with E-state index in [1.165, 1.54) is 17.5 Å². The standard InChI is InChI=1S/C13H16F3N3O2/c14-13(15,16)11(20)10-8-19(18-17-10)7-9-3-6-12(21-9)4-1-2-5-12/h8-9H,1-7H2. The van der Waals surface area contributed by atoms with Crippen molar-refractivity contribution in [1.82, 2.24) is 15.0 Å². The molecule has 5 nitrogen and oxygen atoms in total. The molecule has 0 amide bonds. The molecule has 1 saturated heterocycles. The number of hydrogen-bond donors (Lipinski definition) is 0. The predicted molar refractivity (Wildman–Crippen MR) is 65.7 cm³/mol. The molecular formula is C13H16F3N3O2. The molecule has 8 heteroatoms. The summed E-state index contributed by atoms with van der Waals surface area (Å²) in [5, 5.41) is 6.90. The van der Waals surface area contributed by atoms with Crippen LogP contribution in [0.4, 0.5) is 13.2 Å². The molecule has 1 unspecified atom stereocenters. The van der Waals surface area contributed by atoms with E-state index in [-0.39, 0.29) is 11.7 Å². The quantitative estimate of drug-likeness (QED) is 0.805. The molecule has 0 N–H and O–H groups in total. The Hall–Kier alpha value is -1.44. The van der Waals surface area contributed by atoms with Crippen molar-refractivity contribution < 1.29 is 22.7 Å². The van der Waals surface area contributed by atoms with Gasteiger partial charge in [-0.3, -0.25) is 4.79 Å². The Morgan fingerprint density at radius 3 is 2.76 bits per heavy atom. The van der Waals surface area contributed by atoms with Crippen molar-refractivity contribution >= 4 is 5.78 Å². The van der Waals surface area contributed by atoms with Crippen molar-refractivity contribution in [3.8, 4) is 0 Å². The lowest BCUT2D eigenvalue weighted by Crippen LogP contribution is -2.26. The fourth-order valence-electron chi connectivity index (χ4n) is 3.26. The summed E-state index contributed by atoms with van der Waals surface area (Å²) in [5.41, 5.74) is -0.702. The van der Waals surface area contributed by atoms with E-state index in [0.717, 1.165) is 31.9 Å². The first-order chi connectivity index (χ1) is 9.88. The van der Waals surface area contributed by atoms with Crippen LogP contribution < -0.4 is 0 Å². The molecule has 0 aromatic carbocycles. The lowest BCUT2D eigenvalue weighted by atomic mass is 9.98. The van der Waals surface area contributed by atoms with Gasteiger partial charge >= 0.3 is 6.18 Å². The van der Waals surface area contributed by atoms with Gasteiger partial charge in [-0.05, 0) is 25.7 Å². The molecule has 1 atom stereocenters. The maximum absolute atomic E-state index is 12.3. The minimum Gasteiger partial charge on any atom is -0.370 e. The lowest BCUT2D eigenvalue weighted by Gasteiger charge is -2.23. The fourth-order valence-corrected chi connectivity index (χ4v) is 3.26. The maximum Gasteiger partial charge on any atom is 0.456 e. The molecule has 3 rings (SSSR count). The van der Waals surface area contributed by atoms with Crippen LogP contribution in [0.15, 0.2) is 6.20 Å². The second-order valence-corrected chi connectivity index (χ2v) is 5.82. The molecule has 0 bridgehead atoms. The first kappa shape index (κ1) is 14.5. The summed E-state index contributed by atoms with van der Waals surface area (Å²) in [6.07, 6.45) is 2.34. The third-order valence-corrected chi connectivity index (χ3v) is 4.27. The summed E-state index contributed by atoms with van der Waals surface area (Å²) < 4.78 is 44.2. The van der Waals surface area contributed by atoms with Crippen LogP contribution in [0.1, 0.15) is 49.0 Å². The van der Waals surface area contributed by atoms with Crippen molar-refractivity contribution in [3.63, 3.8) is 0 Å². The van der Waals surface area contributed by atoms with Gasteiger partial charge in [0.05, 0.1) is 24.4 Å². The Kier molecular flexibility index (Phi) is 3.51. The van der Waals surface area contributed by atoms with Crippen LogP contribution in [0.2, 0.25) is 0 Å². The summed E-state index contributed by atoms with van der Waals surface area (Å²) in [4.78, 5) is 11.0. The van der Waals surface area contributed by atoms with E-state index in [0.29, 0.717) is 6.54 Å². The molecule has 1 saturated carbocycles. The van der Waals surface area contributed by atoms with Crippen LogP contribution in [0.3, 0.4) is 0 Å². The number of ketones is 1. The number of ether oxygens (including phenoxy) is 1. The summed E-state index contributed by atoms with van der Waals surface area (Å²) in [6.45, 7) is 0.333. The molecular weight excluding hydrogens is 287 g/mol. The highest BCUT2D eigenvalue weighted by atomic mass is 19.4. The zero-order valence-electron chi connectivity index (χ0n) is 11.4. The Morgan fingerprint density at radius 1 is 1.38 bits per heavy atom. The van der Waals surface area contributed by atoms with Gasteiger partial charge in [0, 0.05) is 0 Å².